The smallest absolute Gasteiger partial charge is 0.312 e. The van der Waals surface area contributed by atoms with Crippen LogP contribution in [0.25, 0.3) is 5.82 Å². The number of hydrogen-bond acceptors (Lipinski definition) is 3. The lowest BCUT2D eigenvalue weighted by atomic mass is 10.2. The van der Waals surface area contributed by atoms with Gasteiger partial charge in [-0.15, -0.1) is 0 Å². The van der Waals surface area contributed by atoms with Gasteiger partial charge in [0, 0.05) is 24.5 Å². The lowest BCUT2D eigenvalue weighted by Gasteiger charge is -2.11. The molecule has 0 amide bonds. The molecule has 0 atom stereocenters. The molecule has 2 aromatic rings. The fourth-order valence-electron chi connectivity index (χ4n) is 1.86. The van der Waals surface area contributed by atoms with Gasteiger partial charge in [0.2, 0.25) is 0 Å². The molecule has 2 rings (SSSR count). The van der Waals surface area contributed by atoms with Crippen LogP contribution in [-0.2, 0) is 12.7 Å². The molecule has 0 aliphatic rings. The fraction of sp³-hybridized carbons (Fsp3) is 0.429. The first-order valence-electron chi connectivity index (χ1n) is 6.66. The van der Waals surface area contributed by atoms with E-state index in [4.69, 9.17) is 0 Å². The van der Waals surface area contributed by atoms with E-state index in [1.807, 2.05) is 6.07 Å². The second kappa shape index (κ2) is 6.26. The molecule has 1 N–H and O–H groups in total. The van der Waals surface area contributed by atoms with Crippen LogP contribution in [0.5, 0.6) is 0 Å². The summed E-state index contributed by atoms with van der Waals surface area (Å²) in [4.78, 5) is 4.14. The summed E-state index contributed by atoms with van der Waals surface area (Å²) in [5, 5.41) is 6.80. The van der Waals surface area contributed by atoms with Crippen LogP contribution in [0, 0.1) is 5.92 Å². The molecule has 0 aliphatic carbocycles. The van der Waals surface area contributed by atoms with Gasteiger partial charge in [-0.05, 0) is 24.6 Å². The first kappa shape index (κ1) is 15.5. The van der Waals surface area contributed by atoms with E-state index >= 15 is 0 Å². The Bertz CT molecular complexity index is 590. The van der Waals surface area contributed by atoms with Gasteiger partial charge in [-0.3, -0.25) is 0 Å². The molecule has 0 aliphatic heterocycles. The summed E-state index contributed by atoms with van der Waals surface area (Å²) in [6.45, 7) is 5.52. The zero-order valence-electron chi connectivity index (χ0n) is 11.9. The van der Waals surface area contributed by atoms with Crippen molar-refractivity contribution in [3.63, 3.8) is 0 Å². The van der Waals surface area contributed by atoms with Crippen LogP contribution < -0.4 is 5.32 Å². The lowest BCUT2D eigenvalue weighted by molar-refractivity contribution is -0.141. The minimum absolute atomic E-state index is 0.407. The van der Waals surface area contributed by atoms with Gasteiger partial charge >= 0.3 is 6.18 Å². The molecule has 0 spiro atoms. The molecular formula is C14H17F3N4. The predicted molar refractivity (Wildman–Crippen MR) is 72.9 cm³/mol. The molecule has 2 aromatic heterocycles. The van der Waals surface area contributed by atoms with E-state index in [-0.39, 0.29) is 0 Å². The maximum absolute atomic E-state index is 12.6. The Balaban J connectivity index is 2.21. The average Bonchev–Trinajstić information content (AvgIpc) is 2.88. The van der Waals surface area contributed by atoms with Crippen molar-refractivity contribution in [1.29, 1.82) is 0 Å². The fourth-order valence-corrected chi connectivity index (χ4v) is 1.86. The number of aromatic nitrogens is 3. The largest absolute Gasteiger partial charge is 0.435 e. The number of alkyl halides is 3. The van der Waals surface area contributed by atoms with Crippen molar-refractivity contribution in [3.05, 3.63) is 41.9 Å². The van der Waals surface area contributed by atoms with Crippen molar-refractivity contribution in [2.24, 2.45) is 5.92 Å². The number of rotatable bonds is 5. The Morgan fingerprint density at radius 3 is 2.67 bits per heavy atom. The second-order valence-corrected chi connectivity index (χ2v) is 5.15. The standard InChI is InChI=1S/C14H17F3N4/c1-10(2)8-18-9-11-4-3-6-19-13(11)21-7-5-12(20-21)14(15,16)17/h3-7,10,18H,8-9H2,1-2H3. The summed E-state index contributed by atoms with van der Waals surface area (Å²) in [6, 6.07) is 4.52. The zero-order chi connectivity index (χ0) is 15.5. The molecule has 0 aromatic carbocycles. The molecule has 0 bridgehead atoms. The van der Waals surface area contributed by atoms with Crippen molar-refractivity contribution in [2.45, 2.75) is 26.6 Å². The minimum Gasteiger partial charge on any atom is -0.312 e. The van der Waals surface area contributed by atoms with Gasteiger partial charge in [0.15, 0.2) is 11.5 Å². The third-order valence-corrected chi connectivity index (χ3v) is 2.83. The van der Waals surface area contributed by atoms with Crippen LogP contribution in [-0.4, -0.2) is 21.3 Å². The first-order chi connectivity index (χ1) is 9.88. The molecule has 7 heteroatoms. The maximum atomic E-state index is 12.6. The number of nitrogens with one attached hydrogen (secondary N) is 1. The van der Waals surface area contributed by atoms with Crippen molar-refractivity contribution in [3.8, 4) is 5.82 Å². The topological polar surface area (TPSA) is 42.7 Å². The highest BCUT2D eigenvalue weighted by Gasteiger charge is 2.33. The van der Waals surface area contributed by atoms with Gasteiger partial charge in [0.05, 0.1) is 0 Å². The number of nitrogens with zero attached hydrogens (tertiary/aromatic N) is 3. The van der Waals surface area contributed by atoms with Crippen molar-refractivity contribution >= 4 is 0 Å². The molecule has 114 valence electrons. The van der Waals surface area contributed by atoms with Crippen LogP contribution >= 0.6 is 0 Å². The highest BCUT2D eigenvalue weighted by Crippen LogP contribution is 2.27. The molecule has 0 saturated carbocycles. The van der Waals surface area contributed by atoms with Crippen LogP contribution in [0.3, 0.4) is 0 Å². The molecule has 0 unspecified atom stereocenters. The van der Waals surface area contributed by atoms with Crippen LogP contribution in [0.4, 0.5) is 13.2 Å². The summed E-state index contributed by atoms with van der Waals surface area (Å²) >= 11 is 0. The van der Waals surface area contributed by atoms with Gasteiger partial charge in [0.25, 0.3) is 0 Å². The number of halogens is 3. The SMILES string of the molecule is CC(C)CNCc1cccnc1-n1ccc(C(F)(F)F)n1. The monoisotopic (exact) mass is 298 g/mol. The van der Waals surface area contributed by atoms with E-state index in [0.29, 0.717) is 18.3 Å². The van der Waals surface area contributed by atoms with Gasteiger partial charge < -0.3 is 5.32 Å². The predicted octanol–water partition coefficient (Wildman–Crippen LogP) is 3.03. The summed E-state index contributed by atoms with van der Waals surface area (Å²) < 4.78 is 39.0. The second-order valence-electron chi connectivity index (χ2n) is 5.15. The van der Waals surface area contributed by atoms with Gasteiger partial charge in [-0.25, -0.2) is 9.67 Å². The molecule has 2 heterocycles. The van der Waals surface area contributed by atoms with Crippen molar-refractivity contribution in [2.75, 3.05) is 6.54 Å². The molecule has 0 saturated heterocycles. The Kier molecular flexibility index (Phi) is 4.62. The molecular weight excluding hydrogens is 281 g/mol. The summed E-state index contributed by atoms with van der Waals surface area (Å²) in [5.41, 5.74) is -0.121. The Morgan fingerprint density at radius 2 is 2.05 bits per heavy atom. The van der Waals surface area contributed by atoms with Crippen molar-refractivity contribution in [1.82, 2.24) is 20.1 Å². The Labute approximate surface area is 121 Å². The molecule has 21 heavy (non-hydrogen) atoms. The zero-order valence-corrected chi connectivity index (χ0v) is 11.9. The lowest BCUT2D eigenvalue weighted by Crippen LogP contribution is -2.20. The Hall–Kier alpha value is -1.89. The third kappa shape index (κ3) is 4.04. The third-order valence-electron chi connectivity index (χ3n) is 2.83. The van der Waals surface area contributed by atoms with E-state index in [9.17, 15) is 13.2 Å². The van der Waals surface area contributed by atoms with Crippen LogP contribution in [0.1, 0.15) is 25.1 Å². The molecule has 0 radical (unpaired) electrons. The summed E-state index contributed by atoms with van der Waals surface area (Å²) in [6.07, 6.45) is -1.64. The van der Waals surface area contributed by atoms with E-state index in [1.54, 1.807) is 6.07 Å². The van der Waals surface area contributed by atoms with Gasteiger partial charge in [0.1, 0.15) is 0 Å². The average molecular weight is 298 g/mol. The molecule has 4 nitrogen and oxygen atoms in total. The van der Waals surface area contributed by atoms with Gasteiger partial charge in [-0.2, -0.15) is 18.3 Å². The minimum atomic E-state index is -4.45. The quantitative estimate of drug-likeness (QED) is 0.922. The van der Waals surface area contributed by atoms with Gasteiger partial charge in [-0.1, -0.05) is 19.9 Å². The summed E-state index contributed by atoms with van der Waals surface area (Å²) in [7, 11) is 0. The number of hydrogen-bond donors (Lipinski definition) is 1. The van der Waals surface area contributed by atoms with Crippen molar-refractivity contribution < 1.29 is 13.2 Å². The van der Waals surface area contributed by atoms with E-state index in [2.05, 4.69) is 29.2 Å². The number of pyridine rings is 1. The van der Waals surface area contributed by atoms with Crippen LogP contribution in [0.2, 0.25) is 0 Å². The molecule has 0 fully saturated rings. The summed E-state index contributed by atoms with van der Waals surface area (Å²) in [5.74, 6) is 0.899. The van der Waals surface area contributed by atoms with E-state index in [1.165, 1.54) is 12.4 Å². The first-order valence-corrected chi connectivity index (χ1v) is 6.66. The maximum Gasteiger partial charge on any atom is 0.435 e. The van der Waals surface area contributed by atoms with E-state index < -0.39 is 11.9 Å². The highest BCUT2D eigenvalue weighted by molar-refractivity contribution is 5.33. The Morgan fingerprint density at radius 1 is 1.29 bits per heavy atom. The van der Waals surface area contributed by atoms with E-state index in [0.717, 1.165) is 22.9 Å². The normalized spacial score (nSPS) is 12.1. The highest BCUT2D eigenvalue weighted by atomic mass is 19.4. The van der Waals surface area contributed by atoms with Crippen LogP contribution in [0.15, 0.2) is 30.6 Å².